The summed E-state index contributed by atoms with van der Waals surface area (Å²) in [6.07, 6.45) is 4.18. The molecule has 0 saturated carbocycles. The molecule has 7 nitrogen and oxygen atoms in total. The maximum absolute atomic E-state index is 13.3. The zero-order valence-corrected chi connectivity index (χ0v) is 17.1. The second-order valence-electron chi connectivity index (χ2n) is 6.97. The first kappa shape index (κ1) is 20.0. The average molecular weight is 394 g/mol. The summed E-state index contributed by atoms with van der Waals surface area (Å²) in [5.41, 5.74) is 1.01. The summed E-state index contributed by atoms with van der Waals surface area (Å²) < 4.78 is 11.9. The number of aryl methyl sites for hydroxylation is 2. The highest BCUT2D eigenvalue weighted by atomic mass is 32.1. The molecule has 8 heteroatoms. The van der Waals surface area contributed by atoms with Gasteiger partial charge < -0.3 is 14.4 Å². The summed E-state index contributed by atoms with van der Waals surface area (Å²) in [5.74, 6) is 0.153. The number of nitrogens with zero attached hydrogens (tertiary/aromatic N) is 3. The Morgan fingerprint density at radius 3 is 2.78 bits per heavy atom. The highest BCUT2D eigenvalue weighted by Crippen LogP contribution is 2.33. The third-order valence-electron chi connectivity index (χ3n) is 4.59. The van der Waals surface area contributed by atoms with Crippen molar-refractivity contribution in [2.45, 2.75) is 45.7 Å². The molecule has 0 atom stereocenters. The van der Waals surface area contributed by atoms with Crippen molar-refractivity contribution in [2.75, 3.05) is 33.9 Å². The number of aromatic nitrogens is 2. The quantitative estimate of drug-likeness (QED) is 0.504. The van der Waals surface area contributed by atoms with Crippen molar-refractivity contribution in [3.8, 4) is 0 Å². The first-order valence-corrected chi connectivity index (χ1v) is 10.2. The van der Waals surface area contributed by atoms with Crippen LogP contribution in [0.25, 0.3) is 10.2 Å². The standard InChI is InChI=1S/C19H27N3O4S/c1-4-25-9-10-26-16(23)12-22-15(11-21(2)3)20-18-17(19(22)24)13-7-5-6-8-14(13)27-18/h4-12H2,1-3H3. The van der Waals surface area contributed by atoms with Crippen LogP contribution in [0.5, 0.6) is 0 Å². The molecule has 2 aromatic heterocycles. The molecule has 0 aliphatic heterocycles. The van der Waals surface area contributed by atoms with Gasteiger partial charge in [0.25, 0.3) is 5.56 Å². The number of rotatable bonds is 8. The van der Waals surface area contributed by atoms with Gasteiger partial charge in [-0.3, -0.25) is 14.2 Å². The molecule has 0 N–H and O–H groups in total. The van der Waals surface area contributed by atoms with Crippen LogP contribution in [-0.2, 0) is 40.2 Å². The van der Waals surface area contributed by atoms with Crippen molar-refractivity contribution in [3.63, 3.8) is 0 Å². The van der Waals surface area contributed by atoms with Crippen molar-refractivity contribution in [1.29, 1.82) is 0 Å². The lowest BCUT2D eigenvalue weighted by Gasteiger charge is -2.16. The van der Waals surface area contributed by atoms with E-state index in [0.29, 0.717) is 31.0 Å². The SMILES string of the molecule is CCOCCOC(=O)Cn1c(CN(C)C)nc2sc3c(c2c1=O)CCCC3. The van der Waals surface area contributed by atoms with Gasteiger partial charge in [-0.25, -0.2) is 4.98 Å². The van der Waals surface area contributed by atoms with Gasteiger partial charge in [-0.15, -0.1) is 11.3 Å². The molecule has 2 aromatic rings. The predicted octanol–water partition coefficient (Wildman–Crippen LogP) is 1.98. The fraction of sp³-hybridized carbons (Fsp3) is 0.632. The Hall–Kier alpha value is -1.77. The number of esters is 1. The summed E-state index contributed by atoms with van der Waals surface area (Å²) >= 11 is 1.63. The van der Waals surface area contributed by atoms with Crippen LogP contribution < -0.4 is 5.56 Å². The lowest BCUT2D eigenvalue weighted by atomic mass is 9.97. The van der Waals surface area contributed by atoms with Crippen LogP contribution in [0.4, 0.5) is 0 Å². The second kappa shape index (κ2) is 8.95. The molecular formula is C19H27N3O4S. The number of thiophene rings is 1. The summed E-state index contributed by atoms with van der Waals surface area (Å²) in [7, 11) is 3.83. The third kappa shape index (κ3) is 4.56. The molecule has 0 amide bonds. The van der Waals surface area contributed by atoms with E-state index in [2.05, 4.69) is 0 Å². The molecule has 0 bridgehead atoms. The molecule has 0 unspecified atom stereocenters. The number of ether oxygens (including phenoxy) is 2. The van der Waals surface area contributed by atoms with Gasteiger partial charge in [0.1, 0.15) is 23.8 Å². The Kier molecular flexibility index (Phi) is 6.62. The van der Waals surface area contributed by atoms with E-state index in [1.54, 1.807) is 11.3 Å². The summed E-state index contributed by atoms with van der Waals surface area (Å²) in [4.78, 5) is 34.3. The van der Waals surface area contributed by atoms with Gasteiger partial charge in [0.05, 0.1) is 18.5 Å². The van der Waals surface area contributed by atoms with Crippen LogP contribution >= 0.6 is 11.3 Å². The Morgan fingerprint density at radius 2 is 2.04 bits per heavy atom. The average Bonchev–Trinajstić information content (AvgIpc) is 3.00. The topological polar surface area (TPSA) is 73.7 Å². The Bertz CT molecular complexity index is 872. The van der Waals surface area contributed by atoms with E-state index < -0.39 is 5.97 Å². The molecule has 0 saturated heterocycles. The van der Waals surface area contributed by atoms with Crippen molar-refractivity contribution >= 4 is 27.5 Å². The van der Waals surface area contributed by atoms with Gasteiger partial charge in [0.15, 0.2) is 0 Å². The van der Waals surface area contributed by atoms with E-state index in [4.69, 9.17) is 14.5 Å². The van der Waals surface area contributed by atoms with Crippen LogP contribution in [0.1, 0.15) is 36.0 Å². The zero-order valence-electron chi connectivity index (χ0n) is 16.2. The minimum Gasteiger partial charge on any atom is -0.462 e. The number of fused-ring (bicyclic) bond motifs is 3. The highest BCUT2D eigenvalue weighted by Gasteiger charge is 2.23. The molecule has 3 rings (SSSR count). The Balaban J connectivity index is 1.94. The van der Waals surface area contributed by atoms with Crippen molar-refractivity contribution in [2.24, 2.45) is 0 Å². The van der Waals surface area contributed by atoms with Gasteiger partial charge >= 0.3 is 5.97 Å². The fourth-order valence-corrected chi connectivity index (χ4v) is 4.65. The molecule has 1 aliphatic rings. The van der Waals surface area contributed by atoms with Crippen LogP contribution in [0.2, 0.25) is 0 Å². The maximum atomic E-state index is 13.3. The Labute approximate surface area is 162 Å². The van der Waals surface area contributed by atoms with Gasteiger partial charge in [-0.05, 0) is 52.3 Å². The maximum Gasteiger partial charge on any atom is 0.326 e. The van der Waals surface area contributed by atoms with Crippen molar-refractivity contribution in [3.05, 3.63) is 26.6 Å². The minimum atomic E-state index is -0.443. The van der Waals surface area contributed by atoms with E-state index in [1.165, 1.54) is 9.44 Å². The molecule has 0 fully saturated rings. The third-order valence-corrected chi connectivity index (χ3v) is 5.78. The van der Waals surface area contributed by atoms with Gasteiger partial charge in [0.2, 0.25) is 0 Å². The molecule has 1 aliphatic carbocycles. The van der Waals surface area contributed by atoms with Crippen LogP contribution in [-0.4, -0.2) is 54.3 Å². The summed E-state index contributed by atoms with van der Waals surface area (Å²) in [5, 5.41) is 0.694. The largest absolute Gasteiger partial charge is 0.462 e. The predicted molar refractivity (Wildman–Crippen MR) is 105 cm³/mol. The van der Waals surface area contributed by atoms with Crippen molar-refractivity contribution in [1.82, 2.24) is 14.5 Å². The van der Waals surface area contributed by atoms with Gasteiger partial charge in [-0.1, -0.05) is 0 Å². The number of carbonyl (C=O) groups is 1. The van der Waals surface area contributed by atoms with E-state index in [9.17, 15) is 9.59 Å². The van der Waals surface area contributed by atoms with E-state index >= 15 is 0 Å². The van der Waals surface area contributed by atoms with E-state index in [-0.39, 0.29) is 18.7 Å². The number of carbonyl (C=O) groups excluding carboxylic acids is 1. The lowest BCUT2D eigenvalue weighted by molar-refractivity contribution is -0.146. The molecule has 0 spiro atoms. The molecule has 27 heavy (non-hydrogen) atoms. The number of hydrogen-bond acceptors (Lipinski definition) is 7. The Morgan fingerprint density at radius 1 is 1.26 bits per heavy atom. The monoisotopic (exact) mass is 393 g/mol. The van der Waals surface area contributed by atoms with Gasteiger partial charge in [0, 0.05) is 11.5 Å². The molecule has 0 radical (unpaired) electrons. The first-order chi connectivity index (χ1) is 13.0. The zero-order chi connectivity index (χ0) is 19.4. The number of hydrogen-bond donors (Lipinski definition) is 0. The normalized spacial score (nSPS) is 13.9. The van der Waals surface area contributed by atoms with E-state index in [0.717, 1.165) is 36.1 Å². The second-order valence-corrected chi connectivity index (χ2v) is 8.05. The van der Waals surface area contributed by atoms with Crippen LogP contribution in [0, 0.1) is 0 Å². The smallest absolute Gasteiger partial charge is 0.326 e. The summed E-state index contributed by atoms with van der Waals surface area (Å²) in [6.45, 7) is 3.37. The van der Waals surface area contributed by atoms with E-state index in [1.807, 2.05) is 25.9 Å². The molecule has 2 heterocycles. The fourth-order valence-electron chi connectivity index (χ4n) is 3.38. The minimum absolute atomic E-state index is 0.123. The molecular weight excluding hydrogens is 366 g/mol. The molecule has 0 aromatic carbocycles. The first-order valence-electron chi connectivity index (χ1n) is 9.43. The highest BCUT2D eigenvalue weighted by molar-refractivity contribution is 7.18. The molecule has 148 valence electrons. The van der Waals surface area contributed by atoms with Gasteiger partial charge in [-0.2, -0.15) is 0 Å². The van der Waals surface area contributed by atoms with Crippen molar-refractivity contribution < 1.29 is 14.3 Å². The van der Waals surface area contributed by atoms with Crippen LogP contribution in [0.15, 0.2) is 4.79 Å². The van der Waals surface area contributed by atoms with Crippen LogP contribution in [0.3, 0.4) is 0 Å². The summed E-state index contributed by atoms with van der Waals surface area (Å²) in [6, 6.07) is 0. The lowest BCUT2D eigenvalue weighted by Crippen LogP contribution is -2.32.